The van der Waals surface area contributed by atoms with Crippen LogP contribution in [0.1, 0.15) is 85.0 Å². The van der Waals surface area contributed by atoms with E-state index in [1.54, 1.807) is 6.92 Å². The molecule has 0 aromatic heterocycles. The van der Waals surface area contributed by atoms with Crippen molar-refractivity contribution in [3.63, 3.8) is 0 Å². The van der Waals surface area contributed by atoms with Gasteiger partial charge in [0, 0.05) is 11.3 Å². The maximum atomic E-state index is 11.6. The van der Waals surface area contributed by atoms with E-state index in [4.69, 9.17) is 19.9 Å². The van der Waals surface area contributed by atoms with Crippen LogP contribution in [-0.4, -0.2) is 75.0 Å². The maximum Gasteiger partial charge on any atom is 0.303 e. The van der Waals surface area contributed by atoms with E-state index in [1.807, 2.05) is 0 Å². The highest BCUT2D eigenvalue weighted by molar-refractivity contribution is 5.67. The first-order valence-corrected chi connectivity index (χ1v) is 14.9. The third-order valence-electron chi connectivity index (χ3n) is 12.7. The van der Waals surface area contributed by atoms with Gasteiger partial charge in [0.15, 0.2) is 12.6 Å². The van der Waals surface area contributed by atoms with Gasteiger partial charge in [-0.2, -0.15) is 0 Å². The number of aliphatic hydroxyl groups is 3. The zero-order valence-corrected chi connectivity index (χ0v) is 23.0. The highest BCUT2D eigenvalue weighted by Crippen LogP contribution is 2.73. The summed E-state index contributed by atoms with van der Waals surface area (Å²) in [6.07, 6.45) is 4.57. The van der Waals surface area contributed by atoms with Crippen molar-refractivity contribution >= 4 is 5.97 Å². The van der Waals surface area contributed by atoms with Crippen LogP contribution in [-0.2, 0) is 19.0 Å². The largest absolute Gasteiger partial charge is 0.481 e. The first-order chi connectivity index (χ1) is 17.9. The smallest absolute Gasteiger partial charge is 0.303 e. The third-order valence-corrected chi connectivity index (χ3v) is 12.7. The summed E-state index contributed by atoms with van der Waals surface area (Å²) in [4.78, 5) is 11.6. The number of carboxylic acids is 1. The van der Waals surface area contributed by atoms with Crippen molar-refractivity contribution in [1.82, 2.24) is 0 Å². The Morgan fingerprint density at radius 3 is 2.45 bits per heavy atom. The number of hydrogen-bond acceptors (Lipinski definition) is 8. The summed E-state index contributed by atoms with van der Waals surface area (Å²) in [7, 11) is 0. The molecule has 0 radical (unpaired) electrons. The number of aliphatic carboxylic acids is 1. The SMILES string of the molecule is C[C@H]1O[C@H](O[C@H]2CC[C@@]3(C)[C@H](CC[C@@H]4[C@@H]3CC[C@]3(C)[C@@H]5CC[C@]43O[C@H](O)[C@H]5CC(=O)O)C2)[C@@H](O)[C@H](N)[C@@H]1O. The Morgan fingerprint density at radius 2 is 1.71 bits per heavy atom. The molecule has 4 saturated carbocycles. The lowest BCUT2D eigenvalue weighted by Crippen LogP contribution is -2.67. The van der Waals surface area contributed by atoms with Gasteiger partial charge in [-0.05, 0) is 93.8 Å². The average molecular weight is 538 g/mol. The molecule has 216 valence electrons. The molecule has 2 bridgehead atoms. The molecule has 2 aliphatic heterocycles. The maximum absolute atomic E-state index is 11.6. The van der Waals surface area contributed by atoms with Crippen LogP contribution >= 0.6 is 0 Å². The number of rotatable bonds is 4. The topological polar surface area (TPSA) is 152 Å². The minimum Gasteiger partial charge on any atom is -0.481 e. The molecule has 38 heavy (non-hydrogen) atoms. The van der Waals surface area contributed by atoms with E-state index in [9.17, 15) is 25.2 Å². The van der Waals surface area contributed by atoms with Gasteiger partial charge in [0.1, 0.15) is 6.10 Å². The Morgan fingerprint density at radius 1 is 0.974 bits per heavy atom. The van der Waals surface area contributed by atoms with Crippen molar-refractivity contribution < 1.29 is 39.4 Å². The van der Waals surface area contributed by atoms with E-state index < -0.39 is 42.9 Å². The van der Waals surface area contributed by atoms with Crippen molar-refractivity contribution in [3.05, 3.63) is 0 Å². The van der Waals surface area contributed by atoms with Crippen LogP contribution < -0.4 is 5.73 Å². The molecule has 0 aromatic carbocycles. The molecule has 6 rings (SSSR count). The molecule has 15 atom stereocenters. The van der Waals surface area contributed by atoms with Crippen LogP contribution in [0.5, 0.6) is 0 Å². The Bertz CT molecular complexity index is 934. The number of ether oxygens (including phenoxy) is 3. The summed E-state index contributed by atoms with van der Waals surface area (Å²) >= 11 is 0. The third kappa shape index (κ3) is 3.79. The van der Waals surface area contributed by atoms with E-state index in [0.717, 1.165) is 57.8 Å². The predicted octanol–water partition coefficient (Wildman–Crippen LogP) is 2.39. The Hall–Kier alpha value is -0.810. The summed E-state index contributed by atoms with van der Waals surface area (Å²) in [5.41, 5.74) is 5.71. The number of carbonyl (C=O) groups is 1. The molecule has 2 saturated heterocycles. The summed E-state index contributed by atoms with van der Waals surface area (Å²) in [6, 6.07) is -0.792. The summed E-state index contributed by atoms with van der Waals surface area (Å²) < 4.78 is 18.7. The second kappa shape index (κ2) is 9.36. The molecule has 6 fully saturated rings. The van der Waals surface area contributed by atoms with Crippen LogP contribution in [0.15, 0.2) is 0 Å². The van der Waals surface area contributed by atoms with Gasteiger partial charge < -0.3 is 40.4 Å². The van der Waals surface area contributed by atoms with Gasteiger partial charge in [-0.15, -0.1) is 0 Å². The van der Waals surface area contributed by atoms with Gasteiger partial charge in [-0.3, -0.25) is 4.79 Å². The van der Waals surface area contributed by atoms with E-state index in [0.29, 0.717) is 17.8 Å². The molecule has 0 amide bonds. The second-order valence-electron chi connectivity index (χ2n) is 14.1. The normalized spacial score (nSPS) is 58.0. The second-order valence-corrected chi connectivity index (χ2v) is 14.1. The minimum absolute atomic E-state index is 0.0219. The Labute approximate surface area is 225 Å². The highest BCUT2D eigenvalue weighted by atomic mass is 16.7. The molecule has 4 aliphatic carbocycles. The Balaban J connectivity index is 1.18. The van der Waals surface area contributed by atoms with E-state index >= 15 is 0 Å². The minimum atomic E-state index is -1.06. The zero-order chi connectivity index (χ0) is 27.2. The van der Waals surface area contributed by atoms with Gasteiger partial charge in [0.05, 0.1) is 36.4 Å². The number of fused-ring (bicyclic) bond motifs is 3. The van der Waals surface area contributed by atoms with E-state index in [2.05, 4.69) is 13.8 Å². The van der Waals surface area contributed by atoms with Crippen LogP contribution in [0.2, 0.25) is 0 Å². The van der Waals surface area contributed by atoms with Crippen molar-refractivity contribution in [1.29, 1.82) is 0 Å². The highest BCUT2D eigenvalue weighted by Gasteiger charge is 2.72. The van der Waals surface area contributed by atoms with Crippen LogP contribution in [0.25, 0.3) is 0 Å². The predicted molar refractivity (Wildman–Crippen MR) is 136 cm³/mol. The van der Waals surface area contributed by atoms with Gasteiger partial charge in [0.25, 0.3) is 0 Å². The average Bonchev–Trinajstić information content (AvgIpc) is 3.07. The molecule has 6 aliphatic rings. The lowest BCUT2D eigenvalue weighted by atomic mass is 9.42. The number of hydrogen-bond donors (Lipinski definition) is 5. The summed E-state index contributed by atoms with van der Waals surface area (Å²) in [5.74, 6) is 0.350. The molecule has 2 heterocycles. The first kappa shape index (κ1) is 27.4. The van der Waals surface area contributed by atoms with Gasteiger partial charge in [-0.25, -0.2) is 0 Å². The van der Waals surface area contributed by atoms with E-state index in [-0.39, 0.29) is 40.8 Å². The fourth-order valence-corrected chi connectivity index (χ4v) is 10.6. The fourth-order valence-electron chi connectivity index (χ4n) is 10.6. The van der Waals surface area contributed by atoms with Crippen molar-refractivity contribution in [2.75, 3.05) is 0 Å². The molecule has 0 aromatic rings. The first-order valence-electron chi connectivity index (χ1n) is 14.9. The molecule has 0 spiro atoms. The van der Waals surface area contributed by atoms with Crippen LogP contribution in [0, 0.1) is 40.4 Å². The summed E-state index contributed by atoms with van der Waals surface area (Å²) in [5, 5.41) is 41.2. The van der Waals surface area contributed by atoms with Crippen molar-refractivity contribution in [2.24, 2.45) is 46.2 Å². The molecule has 6 N–H and O–H groups in total. The van der Waals surface area contributed by atoms with Gasteiger partial charge >= 0.3 is 5.97 Å². The van der Waals surface area contributed by atoms with Crippen LogP contribution in [0.4, 0.5) is 0 Å². The molecule has 9 nitrogen and oxygen atoms in total. The lowest BCUT2D eigenvalue weighted by Gasteiger charge is -2.67. The van der Waals surface area contributed by atoms with Gasteiger partial charge in [0.2, 0.25) is 0 Å². The molecular weight excluding hydrogens is 490 g/mol. The summed E-state index contributed by atoms with van der Waals surface area (Å²) in [6.45, 7) is 6.52. The van der Waals surface area contributed by atoms with Gasteiger partial charge in [-0.1, -0.05) is 13.8 Å². The van der Waals surface area contributed by atoms with Crippen LogP contribution in [0.3, 0.4) is 0 Å². The monoisotopic (exact) mass is 537 g/mol. The molecule has 0 unspecified atom stereocenters. The lowest BCUT2D eigenvalue weighted by molar-refractivity contribution is -0.334. The van der Waals surface area contributed by atoms with E-state index in [1.165, 1.54) is 0 Å². The Kier molecular flexibility index (Phi) is 6.74. The molecular formula is C29H47NO8. The van der Waals surface area contributed by atoms with Crippen molar-refractivity contribution in [3.8, 4) is 0 Å². The number of carboxylic acid groups (broad SMARTS) is 1. The number of nitrogens with two attached hydrogens (primary N) is 1. The fraction of sp³-hybridized carbons (Fsp3) is 0.966. The van der Waals surface area contributed by atoms with Crippen molar-refractivity contribution in [2.45, 2.75) is 134 Å². The number of aliphatic hydroxyl groups excluding tert-OH is 3. The quantitative estimate of drug-likeness (QED) is 0.340. The zero-order valence-electron chi connectivity index (χ0n) is 23.0. The molecule has 9 heteroatoms. The standard InChI is InChI=1S/C29H47NO8/c1-14-23(33)22(30)24(34)26(36-14)37-16-6-9-27(2)15(12-16)4-5-20-19(27)7-10-28(3)18-8-11-29(20,28)38-25(35)17(18)13-21(31)32/h14-20,22-26,33-35H,4-13,30H2,1-3H3,(H,31,32)/t14-,15-,16+,17+,18-,19+,20-,22-,23-,24+,25+,26-,27+,28-,29+/m1/s1.